The lowest BCUT2D eigenvalue weighted by Crippen LogP contribution is -2.18. The molecule has 0 aliphatic rings. The maximum atomic E-state index is 10.5. The summed E-state index contributed by atoms with van der Waals surface area (Å²) < 4.78 is 21.1. The van der Waals surface area contributed by atoms with E-state index in [-0.39, 0.29) is 5.92 Å². The molecule has 0 aliphatic heterocycles. The third-order valence-electron chi connectivity index (χ3n) is 1.38. The predicted molar refractivity (Wildman–Crippen MR) is 39.1 cm³/mol. The quantitative estimate of drug-likeness (QED) is 0.590. The van der Waals surface area contributed by atoms with Crippen LogP contribution in [-0.2, 0) is 9.05 Å². The van der Waals surface area contributed by atoms with Crippen LogP contribution in [0, 0.1) is 5.92 Å². The SMILES string of the molecule is CC(C)C(C)S(=O)(=O)Cl. The molecule has 0 bridgehead atoms. The average Bonchev–Trinajstić information content (AvgIpc) is 1.62. The van der Waals surface area contributed by atoms with Crippen molar-refractivity contribution in [2.45, 2.75) is 26.0 Å². The Morgan fingerprint density at radius 3 is 1.56 bits per heavy atom. The van der Waals surface area contributed by atoms with Gasteiger partial charge in [0.2, 0.25) is 9.05 Å². The van der Waals surface area contributed by atoms with Crippen LogP contribution in [0.15, 0.2) is 0 Å². The van der Waals surface area contributed by atoms with Crippen molar-refractivity contribution in [3.63, 3.8) is 0 Å². The highest BCUT2D eigenvalue weighted by Gasteiger charge is 2.20. The maximum Gasteiger partial charge on any atom is 0.235 e. The molecule has 1 unspecified atom stereocenters. The molecular formula is C5H11ClO2S. The predicted octanol–water partition coefficient (Wildman–Crippen LogP) is 1.60. The van der Waals surface area contributed by atoms with Crippen molar-refractivity contribution in [3.05, 3.63) is 0 Å². The van der Waals surface area contributed by atoms with E-state index in [1.165, 1.54) is 0 Å². The van der Waals surface area contributed by atoms with Crippen LogP contribution in [0.25, 0.3) is 0 Å². The van der Waals surface area contributed by atoms with Gasteiger partial charge in [-0.15, -0.1) is 0 Å². The highest BCUT2D eigenvalue weighted by Crippen LogP contribution is 2.14. The van der Waals surface area contributed by atoms with Crippen LogP contribution >= 0.6 is 10.7 Å². The molecule has 0 N–H and O–H groups in total. The largest absolute Gasteiger partial charge is 0.235 e. The van der Waals surface area contributed by atoms with Crippen LogP contribution in [0.5, 0.6) is 0 Å². The summed E-state index contributed by atoms with van der Waals surface area (Å²) in [6.45, 7) is 5.25. The lowest BCUT2D eigenvalue weighted by Gasteiger charge is -2.09. The zero-order chi connectivity index (χ0) is 7.65. The summed E-state index contributed by atoms with van der Waals surface area (Å²) in [7, 11) is 1.72. The van der Waals surface area contributed by atoms with Gasteiger partial charge in [-0.1, -0.05) is 13.8 Å². The van der Waals surface area contributed by atoms with Gasteiger partial charge in [0.1, 0.15) is 0 Å². The summed E-state index contributed by atoms with van der Waals surface area (Å²) >= 11 is 0. The minimum absolute atomic E-state index is 0.0903. The average molecular weight is 171 g/mol. The monoisotopic (exact) mass is 170 g/mol. The summed E-state index contributed by atoms with van der Waals surface area (Å²) in [5.74, 6) is 0.0903. The van der Waals surface area contributed by atoms with Gasteiger partial charge in [-0.25, -0.2) is 8.42 Å². The van der Waals surface area contributed by atoms with Crippen LogP contribution in [0.1, 0.15) is 20.8 Å². The second-order valence-electron chi connectivity index (χ2n) is 2.42. The van der Waals surface area contributed by atoms with E-state index >= 15 is 0 Å². The Kier molecular flexibility index (Phi) is 2.96. The van der Waals surface area contributed by atoms with Crippen molar-refractivity contribution in [3.8, 4) is 0 Å². The van der Waals surface area contributed by atoms with Gasteiger partial charge in [0.15, 0.2) is 0 Å². The first-order valence-electron chi connectivity index (χ1n) is 2.79. The molecule has 0 aromatic carbocycles. The van der Waals surface area contributed by atoms with Gasteiger partial charge < -0.3 is 0 Å². The highest BCUT2D eigenvalue weighted by molar-refractivity contribution is 8.14. The first kappa shape index (κ1) is 9.24. The Morgan fingerprint density at radius 2 is 1.56 bits per heavy atom. The van der Waals surface area contributed by atoms with Crippen LogP contribution in [-0.4, -0.2) is 13.7 Å². The molecule has 0 fully saturated rings. The number of halogens is 1. The summed E-state index contributed by atoms with van der Waals surface area (Å²) in [4.78, 5) is 0. The zero-order valence-electron chi connectivity index (χ0n) is 5.76. The van der Waals surface area contributed by atoms with E-state index in [1.54, 1.807) is 6.92 Å². The van der Waals surface area contributed by atoms with Gasteiger partial charge in [-0.2, -0.15) is 0 Å². The summed E-state index contributed by atoms with van der Waals surface area (Å²) in [6.07, 6.45) is 0. The summed E-state index contributed by atoms with van der Waals surface area (Å²) in [5.41, 5.74) is 0. The van der Waals surface area contributed by atoms with Crippen molar-refractivity contribution in [1.82, 2.24) is 0 Å². The molecular weight excluding hydrogens is 160 g/mol. The van der Waals surface area contributed by atoms with Crippen LogP contribution in [0.3, 0.4) is 0 Å². The molecule has 0 saturated heterocycles. The molecule has 56 valence electrons. The standard InChI is InChI=1S/C5H11ClO2S/c1-4(2)5(3)9(6,7)8/h4-5H,1-3H3. The van der Waals surface area contributed by atoms with E-state index < -0.39 is 14.3 Å². The number of hydrogen-bond donors (Lipinski definition) is 0. The molecule has 1 atom stereocenters. The van der Waals surface area contributed by atoms with Gasteiger partial charge in [-0.05, 0) is 12.8 Å². The topological polar surface area (TPSA) is 34.1 Å². The molecule has 4 heteroatoms. The van der Waals surface area contributed by atoms with Gasteiger partial charge >= 0.3 is 0 Å². The third kappa shape index (κ3) is 3.06. The Hall–Kier alpha value is 0.240. The second kappa shape index (κ2) is 2.88. The number of hydrogen-bond acceptors (Lipinski definition) is 2. The minimum Gasteiger partial charge on any atom is -0.212 e. The molecule has 0 spiro atoms. The minimum atomic E-state index is -3.33. The van der Waals surface area contributed by atoms with E-state index in [1.807, 2.05) is 13.8 Å². The van der Waals surface area contributed by atoms with E-state index in [0.717, 1.165) is 0 Å². The molecule has 0 aromatic rings. The lowest BCUT2D eigenvalue weighted by atomic mass is 10.2. The van der Waals surface area contributed by atoms with E-state index in [4.69, 9.17) is 10.7 Å². The van der Waals surface area contributed by atoms with E-state index in [9.17, 15) is 8.42 Å². The molecule has 2 nitrogen and oxygen atoms in total. The Morgan fingerprint density at radius 1 is 1.22 bits per heavy atom. The molecule has 0 amide bonds. The Bertz CT molecular complexity index is 171. The van der Waals surface area contributed by atoms with Gasteiger partial charge in [0, 0.05) is 10.7 Å². The Balaban J connectivity index is 4.24. The van der Waals surface area contributed by atoms with Crippen LogP contribution in [0.4, 0.5) is 0 Å². The first-order valence-corrected chi connectivity index (χ1v) is 5.16. The summed E-state index contributed by atoms with van der Waals surface area (Å²) in [6, 6.07) is 0. The second-order valence-corrected chi connectivity index (χ2v) is 5.41. The van der Waals surface area contributed by atoms with E-state index in [0.29, 0.717) is 0 Å². The molecule has 0 rings (SSSR count). The smallest absolute Gasteiger partial charge is 0.212 e. The van der Waals surface area contributed by atoms with Crippen LogP contribution < -0.4 is 0 Å². The fourth-order valence-corrected chi connectivity index (χ4v) is 1.59. The first-order chi connectivity index (χ1) is 3.85. The molecule has 9 heavy (non-hydrogen) atoms. The van der Waals surface area contributed by atoms with Crippen LogP contribution in [0.2, 0.25) is 0 Å². The Labute approximate surface area is 60.6 Å². The van der Waals surface area contributed by atoms with Crippen molar-refractivity contribution in [1.29, 1.82) is 0 Å². The summed E-state index contributed by atoms with van der Waals surface area (Å²) in [5, 5.41) is -0.445. The zero-order valence-corrected chi connectivity index (χ0v) is 7.33. The fraction of sp³-hybridized carbons (Fsp3) is 1.00. The van der Waals surface area contributed by atoms with Crippen molar-refractivity contribution in [2.24, 2.45) is 5.92 Å². The molecule has 0 aromatic heterocycles. The van der Waals surface area contributed by atoms with Gasteiger partial charge in [-0.3, -0.25) is 0 Å². The third-order valence-corrected chi connectivity index (χ3v) is 3.66. The van der Waals surface area contributed by atoms with Crippen molar-refractivity contribution < 1.29 is 8.42 Å². The number of rotatable bonds is 2. The highest BCUT2D eigenvalue weighted by atomic mass is 35.7. The lowest BCUT2D eigenvalue weighted by molar-refractivity contribution is 0.559. The molecule has 0 radical (unpaired) electrons. The van der Waals surface area contributed by atoms with E-state index in [2.05, 4.69) is 0 Å². The fourth-order valence-electron chi connectivity index (χ4n) is 0.325. The van der Waals surface area contributed by atoms with Crippen molar-refractivity contribution >= 4 is 19.7 Å². The molecule has 0 heterocycles. The maximum absolute atomic E-state index is 10.5. The molecule has 0 aliphatic carbocycles. The normalized spacial score (nSPS) is 16.1. The molecule has 0 saturated carbocycles. The van der Waals surface area contributed by atoms with Gasteiger partial charge in [0.25, 0.3) is 0 Å². The van der Waals surface area contributed by atoms with Gasteiger partial charge in [0.05, 0.1) is 5.25 Å². The van der Waals surface area contributed by atoms with Crippen molar-refractivity contribution in [2.75, 3.05) is 0 Å².